The molecule has 0 radical (unpaired) electrons. The van der Waals surface area contributed by atoms with Gasteiger partial charge in [0.1, 0.15) is 0 Å². The Morgan fingerprint density at radius 2 is 2.18 bits per heavy atom. The van der Waals surface area contributed by atoms with E-state index in [-0.39, 0.29) is 5.97 Å². The molecule has 0 aromatic carbocycles. The molecule has 0 saturated heterocycles. The highest BCUT2D eigenvalue weighted by Crippen LogP contribution is 1.95. The van der Waals surface area contributed by atoms with Crippen LogP contribution < -0.4 is 0 Å². The molecular formula is C8H14O3. The first-order valence-electron chi connectivity index (χ1n) is 3.59. The molecule has 0 N–H and O–H groups in total. The lowest BCUT2D eigenvalue weighted by Gasteiger charge is -1.99. The van der Waals surface area contributed by atoms with E-state index >= 15 is 0 Å². The molecule has 3 heteroatoms. The summed E-state index contributed by atoms with van der Waals surface area (Å²) in [6.07, 6.45) is 2.36. The first-order chi connectivity index (χ1) is 5.22. The van der Waals surface area contributed by atoms with Gasteiger partial charge in [-0.1, -0.05) is 6.92 Å². The van der Waals surface area contributed by atoms with Gasteiger partial charge in [-0.3, -0.25) is 0 Å². The predicted octanol–water partition coefficient (Wildman–Crippen LogP) is 1.49. The van der Waals surface area contributed by atoms with Crippen LogP contribution in [-0.4, -0.2) is 19.7 Å². The van der Waals surface area contributed by atoms with Crippen molar-refractivity contribution in [3.8, 4) is 0 Å². The summed E-state index contributed by atoms with van der Waals surface area (Å²) in [6.45, 7) is 4.29. The summed E-state index contributed by atoms with van der Waals surface area (Å²) in [5.41, 5.74) is 0.487. The molecule has 0 aromatic rings. The molecule has 0 aliphatic carbocycles. The Kier molecular flexibility index (Phi) is 5.25. The van der Waals surface area contributed by atoms with Crippen LogP contribution in [0.5, 0.6) is 0 Å². The maximum absolute atomic E-state index is 10.7. The Balaban J connectivity index is 3.71. The smallest absolute Gasteiger partial charge is 0.336 e. The van der Waals surface area contributed by atoms with Crippen molar-refractivity contribution in [2.24, 2.45) is 0 Å². The van der Waals surface area contributed by atoms with Gasteiger partial charge >= 0.3 is 5.97 Å². The van der Waals surface area contributed by atoms with Crippen molar-refractivity contribution >= 4 is 5.97 Å². The number of methoxy groups -OCH3 is 1. The van der Waals surface area contributed by atoms with Gasteiger partial charge < -0.3 is 9.47 Å². The number of ether oxygens (including phenoxy) is 2. The Bertz CT molecular complexity index is 149. The van der Waals surface area contributed by atoms with Gasteiger partial charge in [-0.15, -0.1) is 0 Å². The Hall–Kier alpha value is -0.990. The summed E-state index contributed by atoms with van der Waals surface area (Å²) in [4.78, 5) is 10.7. The van der Waals surface area contributed by atoms with E-state index in [0.29, 0.717) is 12.2 Å². The molecular weight excluding hydrogens is 144 g/mol. The quantitative estimate of drug-likeness (QED) is 0.269. The highest BCUT2D eigenvalue weighted by Gasteiger charge is 2.01. The standard InChI is InChI=1S/C8H14O3/c1-4-5-11-6-7(2)8(9)10-3/h6H,4-5H2,1-3H3. The van der Waals surface area contributed by atoms with E-state index in [4.69, 9.17) is 4.74 Å². The van der Waals surface area contributed by atoms with E-state index in [0.717, 1.165) is 6.42 Å². The van der Waals surface area contributed by atoms with Crippen molar-refractivity contribution in [2.75, 3.05) is 13.7 Å². The van der Waals surface area contributed by atoms with Gasteiger partial charge in [0.2, 0.25) is 0 Å². The molecule has 0 spiro atoms. The fraction of sp³-hybridized carbons (Fsp3) is 0.625. The summed E-state index contributed by atoms with van der Waals surface area (Å²) in [5.74, 6) is -0.346. The van der Waals surface area contributed by atoms with Crippen LogP contribution in [-0.2, 0) is 14.3 Å². The fourth-order valence-corrected chi connectivity index (χ4v) is 0.511. The molecule has 0 aromatic heterocycles. The van der Waals surface area contributed by atoms with E-state index in [1.807, 2.05) is 6.92 Å². The van der Waals surface area contributed by atoms with Crippen LogP contribution in [0.25, 0.3) is 0 Å². The van der Waals surface area contributed by atoms with E-state index in [2.05, 4.69) is 4.74 Å². The normalized spacial score (nSPS) is 11.0. The Labute approximate surface area is 67.0 Å². The predicted molar refractivity (Wildman–Crippen MR) is 42.0 cm³/mol. The minimum absolute atomic E-state index is 0.346. The molecule has 0 atom stereocenters. The van der Waals surface area contributed by atoms with Gasteiger partial charge in [0.25, 0.3) is 0 Å². The number of hydrogen-bond donors (Lipinski definition) is 0. The van der Waals surface area contributed by atoms with Crippen molar-refractivity contribution in [2.45, 2.75) is 20.3 Å². The first-order valence-corrected chi connectivity index (χ1v) is 3.59. The van der Waals surface area contributed by atoms with Crippen molar-refractivity contribution < 1.29 is 14.3 Å². The summed E-state index contributed by atoms with van der Waals surface area (Å²) in [6, 6.07) is 0. The third kappa shape index (κ3) is 4.42. The number of esters is 1. The largest absolute Gasteiger partial charge is 0.501 e. The minimum Gasteiger partial charge on any atom is -0.501 e. The second-order valence-corrected chi connectivity index (χ2v) is 2.16. The van der Waals surface area contributed by atoms with Crippen LogP contribution >= 0.6 is 0 Å². The topological polar surface area (TPSA) is 35.5 Å². The summed E-state index contributed by atoms with van der Waals surface area (Å²) < 4.78 is 9.46. The number of carbonyl (C=O) groups excluding carboxylic acids is 1. The monoisotopic (exact) mass is 158 g/mol. The lowest BCUT2D eigenvalue weighted by molar-refractivity contribution is -0.136. The zero-order valence-corrected chi connectivity index (χ0v) is 7.22. The summed E-state index contributed by atoms with van der Waals surface area (Å²) in [7, 11) is 1.35. The number of rotatable bonds is 4. The lowest BCUT2D eigenvalue weighted by atomic mass is 10.3. The van der Waals surface area contributed by atoms with Gasteiger partial charge in [-0.05, 0) is 13.3 Å². The van der Waals surface area contributed by atoms with Crippen molar-refractivity contribution in [3.05, 3.63) is 11.8 Å². The molecule has 0 amide bonds. The van der Waals surface area contributed by atoms with E-state index < -0.39 is 0 Å². The number of hydrogen-bond acceptors (Lipinski definition) is 3. The van der Waals surface area contributed by atoms with Crippen LogP contribution in [0.1, 0.15) is 20.3 Å². The van der Waals surface area contributed by atoms with Crippen LogP contribution in [0.4, 0.5) is 0 Å². The molecule has 3 nitrogen and oxygen atoms in total. The average molecular weight is 158 g/mol. The average Bonchev–Trinajstić information content (AvgIpc) is 2.03. The second-order valence-electron chi connectivity index (χ2n) is 2.16. The van der Waals surface area contributed by atoms with Gasteiger partial charge in [-0.2, -0.15) is 0 Å². The third-order valence-corrected chi connectivity index (χ3v) is 1.09. The van der Waals surface area contributed by atoms with E-state index in [1.54, 1.807) is 6.92 Å². The molecule has 11 heavy (non-hydrogen) atoms. The number of carbonyl (C=O) groups is 1. The van der Waals surface area contributed by atoms with Crippen molar-refractivity contribution in [3.63, 3.8) is 0 Å². The van der Waals surface area contributed by atoms with Crippen LogP contribution in [0.2, 0.25) is 0 Å². The molecule has 64 valence electrons. The molecule has 0 saturated carbocycles. The zero-order valence-electron chi connectivity index (χ0n) is 7.22. The highest BCUT2D eigenvalue weighted by molar-refractivity contribution is 5.87. The lowest BCUT2D eigenvalue weighted by Crippen LogP contribution is -2.02. The second kappa shape index (κ2) is 5.77. The van der Waals surface area contributed by atoms with Crippen molar-refractivity contribution in [1.82, 2.24) is 0 Å². The zero-order chi connectivity index (χ0) is 8.69. The van der Waals surface area contributed by atoms with Gasteiger partial charge in [0.15, 0.2) is 0 Å². The summed E-state index contributed by atoms with van der Waals surface area (Å²) in [5, 5.41) is 0. The van der Waals surface area contributed by atoms with Gasteiger partial charge in [0.05, 0.1) is 25.6 Å². The fourth-order valence-electron chi connectivity index (χ4n) is 0.511. The Morgan fingerprint density at radius 1 is 1.55 bits per heavy atom. The third-order valence-electron chi connectivity index (χ3n) is 1.09. The molecule has 0 bridgehead atoms. The SMILES string of the molecule is CCCOC=C(C)C(=O)OC. The van der Waals surface area contributed by atoms with Crippen LogP contribution in [0, 0.1) is 0 Å². The highest BCUT2D eigenvalue weighted by atomic mass is 16.5. The minimum atomic E-state index is -0.346. The molecule has 0 heterocycles. The Morgan fingerprint density at radius 3 is 2.64 bits per heavy atom. The van der Waals surface area contributed by atoms with Crippen LogP contribution in [0.3, 0.4) is 0 Å². The molecule has 0 aliphatic heterocycles. The van der Waals surface area contributed by atoms with E-state index in [1.165, 1.54) is 13.4 Å². The summed E-state index contributed by atoms with van der Waals surface area (Å²) >= 11 is 0. The van der Waals surface area contributed by atoms with Gasteiger partial charge in [-0.25, -0.2) is 4.79 Å². The molecule has 0 rings (SSSR count). The van der Waals surface area contributed by atoms with Gasteiger partial charge in [0, 0.05) is 0 Å². The molecule has 0 fully saturated rings. The molecule has 0 unspecified atom stereocenters. The first kappa shape index (κ1) is 10.0. The van der Waals surface area contributed by atoms with Crippen molar-refractivity contribution in [1.29, 1.82) is 0 Å². The van der Waals surface area contributed by atoms with E-state index in [9.17, 15) is 4.79 Å². The maximum atomic E-state index is 10.7. The molecule has 0 aliphatic rings. The van der Waals surface area contributed by atoms with Crippen LogP contribution in [0.15, 0.2) is 11.8 Å². The maximum Gasteiger partial charge on any atom is 0.336 e.